The molecule has 122 valence electrons. The minimum atomic E-state index is -0.286. The van der Waals surface area contributed by atoms with Crippen LogP contribution in [0, 0.1) is 0 Å². The molecular formula is C17H15BrN4O2. The van der Waals surface area contributed by atoms with E-state index in [4.69, 9.17) is 0 Å². The fraction of sp³-hybridized carbons (Fsp3) is 0.294. The van der Waals surface area contributed by atoms with Crippen LogP contribution in [0.15, 0.2) is 41.1 Å². The standard InChI is InChI=1S/C17H15BrN4O2/c18-11-2-3-12-13(8-11)17(4-5-17)10-22(15(12)24)9-14(23)21-16-19-6-1-7-20-16/h1-3,6-8H,4-5,9-10H2,(H,19,20,21,23). The van der Waals surface area contributed by atoms with Gasteiger partial charge in [0.25, 0.3) is 5.91 Å². The minimum absolute atomic E-state index is 0.00828. The average Bonchev–Trinajstić information content (AvgIpc) is 3.34. The molecule has 1 aliphatic heterocycles. The van der Waals surface area contributed by atoms with Gasteiger partial charge in [-0.1, -0.05) is 15.9 Å². The van der Waals surface area contributed by atoms with Crippen molar-refractivity contribution < 1.29 is 9.59 Å². The molecule has 1 aromatic carbocycles. The van der Waals surface area contributed by atoms with Crippen molar-refractivity contribution in [1.82, 2.24) is 14.9 Å². The van der Waals surface area contributed by atoms with Crippen LogP contribution in [0.25, 0.3) is 0 Å². The van der Waals surface area contributed by atoms with Crippen LogP contribution < -0.4 is 5.32 Å². The smallest absolute Gasteiger partial charge is 0.254 e. The summed E-state index contributed by atoms with van der Waals surface area (Å²) in [5.41, 5.74) is 1.81. The van der Waals surface area contributed by atoms with E-state index < -0.39 is 0 Å². The molecule has 7 heteroatoms. The maximum Gasteiger partial charge on any atom is 0.254 e. The SMILES string of the molecule is O=C(CN1CC2(CC2)c2cc(Br)ccc2C1=O)Nc1ncccn1. The number of carbonyl (C=O) groups excluding carboxylic acids is 2. The van der Waals surface area contributed by atoms with Gasteiger partial charge in [-0.2, -0.15) is 0 Å². The first-order valence-corrected chi connectivity index (χ1v) is 8.53. The average molecular weight is 387 g/mol. The lowest BCUT2D eigenvalue weighted by Gasteiger charge is -2.34. The van der Waals surface area contributed by atoms with Crippen LogP contribution in [0.4, 0.5) is 5.95 Å². The van der Waals surface area contributed by atoms with E-state index >= 15 is 0 Å². The number of nitrogens with zero attached hydrogens (tertiary/aromatic N) is 3. The van der Waals surface area contributed by atoms with Gasteiger partial charge in [-0.3, -0.25) is 14.9 Å². The summed E-state index contributed by atoms with van der Waals surface area (Å²) in [4.78, 5) is 34.5. The van der Waals surface area contributed by atoms with E-state index in [1.807, 2.05) is 18.2 Å². The van der Waals surface area contributed by atoms with E-state index in [0.717, 1.165) is 22.9 Å². The van der Waals surface area contributed by atoms with Gasteiger partial charge in [-0.25, -0.2) is 9.97 Å². The molecular weight excluding hydrogens is 372 g/mol. The van der Waals surface area contributed by atoms with Crippen LogP contribution in [0.2, 0.25) is 0 Å². The van der Waals surface area contributed by atoms with E-state index in [1.54, 1.807) is 23.4 Å². The molecule has 0 saturated heterocycles. The first-order valence-electron chi connectivity index (χ1n) is 7.74. The number of hydrogen-bond donors (Lipinski definition) is 1. The summed E-state index contributed by atoms with van der Waals surface area (Å²) < 4.78 is 0.979. The Morgan fingerprint density at radius 2 is 2.04 bits per heavy atom. The Labute approximate surface area is 147 Å². The Balaban J connectivity index is 1.54. The van der Waals surface area contributed by atoms with Crippen LogP contribution in [-0.4, -0.2) is 39.8 Å². The maximum atomic E-state index is 12.7. The van der Waals surface area contributed by atoms with Gasteiger partial charge in [0.15, 0.2) is 0 Å². The highest BCUT2D eigenvalue weighted by atomic mass is 79.9. The van der Waals surface area contributed by atoms with Crippen LogP contribution in [0.5, 0.6) is 0 Å². The third-order valence-corrected chi connectivity index (χ3v) is 5.06. The van der Waals surface area contributed by atoms with Gasteiger partial charge in [-0.05, 0) is 42.7 Å². The molecule has 0 bridgehead atoms. The largest absolute Gasteiger partial charge is 0.328 e. The van der Waals surface area contributed by atoms with E-state index in [9.17, 15) is 9.59 Å². The highest BCUT2D eigenvalue weighted by Crippen LogP contribution is 2.52. The minimum Gasteiger partial charge on any atom is -0.328 e. The highest BCUT2D eigenvalue weighted by Gasteiger charge is 2.51. The van der Waals surface area contributed by atoms with Crippen molar-refractivity contribution in [2.24, 2.45) is 0 Å². The number of aromatic nitrogens is 2. The second-order valence-electron chi connectivity index (χ2n) is 6.25. The normalized spacial score (nSPS) is 17.5. The molecule has 2 amide bonds. The molecule has 0 atom stereocenters. The summed E-state index contributed by atoms with van der Waals surface area (Å²) >= 11 is 3.48. The summed E-state index contributed by atoms with van der Waals surface area (Å²) in [5, 5.41) is 2.63. The number of hydrogen-bond acceptors (Lipinski definition) is 4. The Bertz CT molecular complexity index is 821. The number of fused-ring (bicyclic) bond motifs is 2. The predicted octanol–water partition coefficient (Wildman–Crippen LogP) is 2.37. The Kier molecular flexibility index (Phi) is 3.60. The number of amides is 2. The third-order valence-electron chi connectivity index (χ3n) is 4.57. The predicted molar refractivity (Wildman–Crippen MR) is 91.6 cm³/mol. The van der Waals surface area contributed by atoms with Crippen molar-refractivity contribution in [2.75, 3.05) is 18.4 Å². The summed E-state index contributed by atoms with van der Waals surface area (Å²) in [6.07, 6.45) is 5.21. The molecule has 1 aliphatic carbocycles. The lowest BCUT2D eigenvalue weighted by Crippen LogP contribution is -2.46. The van der Waals surface area contributed by atoms with Gasteiger partial charge < -0.3 is 4.90 Å². The quantitative estimate of drug-likeness (QED) is 0.878. The Hall–Kier alpha value is -2.28. The zero-order valence-corrected chi connectivity index (χ0v) is 14.4. The molecule has 4 rings (SSSR count). The summed E-state index contributed by atoms with van der Waals surface area (Å²) in [5.74, 6) is -0.137. The first kappa shape index (κ1) is 15.3. The number of benzene rings is 1. The Morgan fingerprint density at radius 1 is 1.29 bits per heavy atom. The second kappa shape index (κ2) is 5.66. The van der Waals surface area contributed by atoms with Gasteiger partial charge in [0.1, 0.15) is 6.54 Å². The maximum absolute atomic E-state index is 12.7. The van der Waals surface area contributed by atoms with Crippen LogP contribution in [-0.2, 0) is 10.2 Å². The number of anilines is 1. The van der Waals surface area contributed by atoms with Gasteiger partial charge in [0, 0.05) is 34.4 Å². The van der Waals surface area contributed by atoms with Gasteiger partial charge in [-0.15, -0.1) is 0 Å². The van der Waals surface area contributed by atoms with E-state index in [0.29, 0.717) is 12.1 Å². The molecule has 1 N–H and O–H groups in total. The summed E-state index contributed by atoms with van der Waals surface area (Å²) in [6.45, 7) is 0.590. The molecule has 2 aromatic rings. The molecule has 0 radical (unpaired) electrons. The zero-order valence-electron chi connectivity index (χ0n) is 12.8. The molecule has 2 aliphatic rings. The lowest BCUT2D eigenvalue weighted by atomic mass is 9.86. The molecule has 1 aromatic heterocycles. The second-order valence-corrected chi connectivity index (χ2v) is 7.17. The number of rotatable bonds is 3. The van der Waals surface area contributed by atoms with Crippen molar-refractivity contribution in [3.63, 3.8) is 0 Å². The summed E-state index contributed by atoms with van der Waals surface area (Å²) in [6, 6.07) is 7.42. The first-order chi connectivity index (χ1) is 11.6. The van der Waals surface area contributed by atoms with Crippen molar-refractivity contribution in [3.8, 4) is 0 Å². The van der Waals surface area contributed by atoms with E-state index in [2.05, 4.69) is 31.2 Å². The molecule has 0 unspecified atom stereocenters. The number of nitrogens with one attached hydrogen (secondary N) is 1. The van der Waals surface area contributed by atoms with Crippen molar-refractivity contribution in [1.29, 1.82) is 0 Å². The van der Waals surface area contributed by atoms with Crippen molar-refractivity contribution >= 4 is 33.7 Å². The monoisotopic (exact) mass is 386 g/mol. The molecule has 2 heterocycles. The molecule has 1 fully saturated rings. The fourth-order valence-corrected chi connectivity index (χ4v) is 3.60. The van der Waals surface area contributed by atoms with Crippen LogP contribution in [0.3, 0.4) is 0 Å². The van der Waals surface area contributed by atoms with Gasteiger partial charge >= 0.3 is 0 Å². The van der Waals surface area contributed by atoms with Gasteiger partial charge in [0.05, 0.1) is 0 Å². The molecule has 24 heavy (non-hydrogen) atoms. The fourth-order valence-electron chi connectivity index (χ4n) is 3.24. The molecule has 6 nitrogen and oxygen atoms in total. The zero-order chi connectivity index (χ0) is 16.7. The molecule has 1 spiro atoms. The third kappa shape index (κ3) is 2.69. The van der Waals surface area contributed by atoms with Crippen LogP contribution in [0.1, 0.15) is 28.8 Å². The topological polar surface area (TPSA) is 75.2 Å². The number of halogens is 1. The highest BCUT2D eigenvalue weighted by molar-refractivity contribution is 9.10. The van der Waals surface area contributed by atoms with Crippen molar-refractivity contribution in [2.45, 2.75) is 18.3 Å². The lowest BCUT2D eigenvalue weighted by molar-refractivity contribution is -0.117. The Morgan fingerprint density at radius 3 is 2.75 bits per heavy atom. The van der Waals surface area contributed by atoms with Crippen molar-refractivity contribution in [3.05, 3.63) is 52.3 Å². The summed E-state index contributed by atoms with van der Waals surface area (Å²) in [7, 11) is 0. The number of carbonyl (C=O) groups is 2. The molecule has 1 saturated carbocycles. The van der Waals surface area contributed by atoms with E-state index in [1.165, 1.54) is 0 Å². The van der Waals surface area contributed by atoms with Crippen LogP contribution >= 0.6 is 15.9 Å². The van der Waals surface area contributed by atoms with Gasteiger partial charge in [0.2, 0.25) is 11.9 Å². The van der Waals surface area contributed by atoms with E-state index in [-0.39, 0.29) is 29.7 Å².